The van der Waals surface area contributed by atoms with E-state index in [1.807, 2.05) is 0 Å². The van der Waals surface area contributed by atoms with Crippen molar-refractivity contribution in [3.8, 4) is 11.6 Å². The van der Waals surface area contributed by atoms with Gasteiger partial charge >= 0.3 is 6.18 Å². The van der Waals surface area contributed by atoms with Crippen LogP contribution in [0.4, 0.5) is 13.2 Å². The maximum absolute atomic E-state index is 12.4. The van der Waals surface area contributed by atoms with Gasteiger partial charge in [-0.15, -0.1) is 0 Å². The minimum atomic E-state index is -4.55. The molecule has 0 saturated carbocycles. The lowest BCUT2D eigenvalue weighted by Crippen LogP contribution is -2.09. The first-order valence-electron chi connectivity index (χ1n) is 4.87. The lowest BCUT2D eigenvalue weighted by Gasteiger charge is -2.04. The van der Waals surface area contributed by atoms with E-state index >= 15 is 0 Å². The minimum Gasteiger partial charge on any atom is -0.337 e. The normalized spacial score (nSPS) is 13.6. The summed E-state index contributed by atoms with van der Waals surface area (Å²) in [6.07, 6.45) is -3.57. The van der Waals surface area contributed by atoms with Crippen molar-refractivity contribution < 1.29 is 17.7 Å². The Morgan fingerprint density at radius 3 is 2.56 bits per heavy atom. The maximum Gasteiger partial charge on any atom is 0.433 e. The molecular formula is C9H8F3N5O. The summed E-state index contributed by atoms with van der Waals surface area (Å²) in [4.78, 5) is 10.8. The van der Waals surface area contributed by atoms with Gasteiger partial charge in [0.2, 0.25) is 17.5 Å². The second-order valence-corrected chi connectivity index (χ2v) is 3.51. The summed E-state index contributed by atoms with van der Waals surface area (Å²) in [6, 6.07) is 0.243. The summed E-state index contributed by atoms with van der Waals surface area (Å²) < 4.78 is 42.1. The molecule has 1 unspecified atom stereocenters. The number of aromatic nitrogens is 4. The Balaban J connectivity index is 2.38. The number of nitrogens with two attached hydrogens (primary N) is 1. The zero-order valence-electron chi connectivity index (χ0n) is 9.14. The zero-order chi connectivity index (χ0) is 13.3. The SMILES string of the molecule is CC(N)c1nc(-c2nccc(C(F)(F)F)n2)no1. The lowest BCUT2D eigenvalue weighted by atomic mass is 10.3. The molecule has 0 amide bonds. The summed E-state index contributed by atoms with van der Waals surface area (Å²) in [6.45, 7) is 1.60. The fourth-order valence-corrected chi connectivity index (χ4v) is 1.14. The molecule has 1 atom stereocenters. The van der Waals surface area contributed by atoms with Gasteiger partial charge in [-0.05, 0) is 13.0 Å². The van der Waals surface area contributed by atoms with Crippen LogP contribution < -0.4 is 5.73 Å². The average Bonchev–Trinajstić information content (AvgIpc) is 2.77. The van der Waals surface area contributed by atoms with Gasteiger partial charge in [-0.3, -0.25) is 0 Å². The molecule has 0 radical (unpaired) electrons. The molecule has 2 aromatic heterocycles. The van der Waals surface area contributed by atoms with Crippen LogP contribution in [0.5, 0.6) is 0 Å². The second kappa shape index (κ2) is 4.33. The van der Waals surface area contributed by atoms with Crippen LogP contribution in [0.25, 0.3) is 11.6 Å². The topological polar surface area (TPSA) is 90.7 Å². The van der Waals surface area contributed by atoms with Crippen molar-refractivity contribution in [3.63, 3.8) is 0 Å². The molecule has 18 heavy (non-hydrogen) atoms. The van der Waals surface area contributed by atoms with E-state index in [0.717, 1.165) is 12.3 Å². The van der Waals surface area contributed by atoms with E-state index < -0.39 is 17.9 Å². The van der Waals surface area contributed by atoms with Gasteiger partial charge in [0.05, 0.1) is 6.04 Å². The highest BCUT2D eigenvalue weighted by Crippen LogP contribution is 2.28. The van der Waals surface area contributed by atoms with E-state index in [9.17, 15) is 13.2 Å². The van der Waals surface area contributed by atoms with E-state index in [2.05, 4.69) is 20.1 Å². The Bertz CT molecular complexity index is 551. The third-order valence-corrected chi connectivity index (χ3v) is 1.98. The van der Waals surface area contributed by atoms with Crippen LogP contribution in [-0.2, 0) is 6.18 Å². The van der Waals surface area contributed by atoms with Gasteiger partial charge in [0, 0.05) is 6.20 Å². The van der Waals surface area contributed by atoms with Crippen LogP contribution in [0, 0.1) is 0 Å². The molecular weight excluding hydrogens is 251 g/mol. The first-order chi connectivity index (χ1) is 8.38. The van der Waals surface area contributed by atoms with Gasteiger partial charge in [0.15, 0.2) is 0 Å². The lowest BCUT2D eigenvalue weighted by molar-refractivity contribution is -0.141. The van der Waals surface area contributed by atoms with E-state index in [1.165, 1.54) is 0 Å². The van der Waals surface area contributed by atoms with Crippen molar-refractivity contribution in [2.75, 3.05) is 0 Å². The fraction of sp³-hybridized carbons (Fsp3) is 0.333. The van der Waals surface area contributed by atoms with Gasteiger partial charge in [-0.25, -0.2) is 9.97 Å². The number of hydrogen-bond acceptors (Lipinski definition) is 6. The van der Waals surface area contributed by atoms with Crippen LogP contribution in [-0.4, -0.2) is 20.1 Å². The third kappa shape index (κ3) is 2.45. The molecule has 96 valence electrons. The Morgan fingerprint density at radius 1 is 1.28 bits per heavy atom. The fourth-order valence-electron chi connectivity index (χ4n) is 1.14. The number of rotatable bonds is 2. The number of alkyl halides is 3. The molecule has 0 aromatic carbocycles. The van der Waals surface area contributed by atoms with Gasteiger partial charge in [0.25, 0.3) is 0 Å². The molecule has 6 nitrogen and oxygen atoms in total. The molecule has 0 aliphatic carbocycles. The van der Waals surface area contributed by atoms with Crippen molar-refractivity contribution in [1.82, 2.24) is 20.1 Å². The molecule has 0 aliphatic heterocycles. The van der Waals surface area contributed by atoms with Gasteiger partial charge in [-0.2, -0.15) is 18.2 Å². The van der Waals surface area contributed by atoms with Crippen LogP contribution in [0.3, 0.4) is 0 Å². The predicted molar refractivity (Wildman–Crippen MR) is 52.9 cm³/mol. The number of hydrogen-bond donors (Lipinski definition) is 1. The summed E-state index contributed by atoms with van der Waals surface area (Å²) >= 11 is 0. The zero-order valence-corrected chi connectivity index (χ0v) is 9.14. The largest absolute Gasteiger partial charge is 0.433 e. The molecule has 9 heteroatoms. The molecule has 0 aliphatic rings. The van der Waals surface area contributed by atoms with Crippen molar-refractivity contribution >= 4 is 0 Å². The molecule has 2 rings (SSSR count). The summed E-state index contributed by atoms with van der Waals surface area (Å²) in [5.41, 5.74) is 4.42. The Morgan fingerprint density at radius 2 is 2.00 bits per heavy atom. The molecule has 0 saturated heterocycles. The van der Waals surface area contributed by atoms with Crippen LogP contribution in [0.1, 0.15) is 24.6 Å². The molecule has 2 N–H and O–H groups in total. The number of nitrogens with zero attached hydrogens (tertiary/aromatic N) is 4. The van der Waals surface area contributed by atoms with Crippen LogP contribution >= 0.6 is 0 Å². The maximum atomic E-state index is 12.4. The summed E-state index contributed by atoms with van der Waals surface area (Å²) in [5, 5.41) is 3.47. The standard InChI is InChI=1S/C9H8F3N5O/c1-4(13)8-16-7(17-18-8)6-14-3-2-5(15-6)9(10,11)12/h2-4H,13H2,1H3. The molecule has 2 heterocycles. The van der Waals surface area contributed by atoms with E-state index in [-0.39, 0.29) is 17.5 Å². The molecule has 0 spiro atoms. The smallest absolute Gasteiger partial charge is 0.337 e. The van der Waals surface area contributed by atoms with Gasteiger partial charge in [-0.1, -0.05) is 5.16 Å². The first kappa shape index (κ1) is 12.4. The molecule has 0 fully saturated rings. The third-order valence-electron chi connectivity index (χ3n) is 1.98. The average molecular weight is 259 g/mol. The van der Waals surface area contributed by atoms with Crippen molar-refractivity contribution in [2.45, 2.75) is 19.1 Å². The van der Waals surface area contributed by atoms with E-state index in [4.69, 9.17) is 10.3 Å². The minimum absolute atomic E-state index is 0.103. The Labute approximate surface area is 99.0 Å². The van der Waals surface area contributed by atoms with Gasteiger partial charge in [0.1, 0.15) is 5.69 Å². The van der Waals surface area contributed by atoms with Crippen molar-refractivity contribution in [1.29, 1.82) is 0 Å². The van der Waals surface area contributed by atoms with Crippen LogP contribution in [0.15, 0.2) is 16.8 Å². The highest BCUT2D eigenvalue weighted by molar-refractivity contribution is 5.41. The van der Waals surface area contributed by atoms with Gasteiger partial charge < -0.3 is 10.3 Å². The van der Waals surface area contributed by atoms with Crippen LogP contribution in [0.2, 0.25) is 0 Å². The summed E-state index contributed by atoms with van der Waals surface area (Å²) in [5.74, 6) is -0.292. The van der Waals surface area contributed by atoms with Crippen molar-refractivity contribution in [3.05, 3.63) is 23.8 Å². The van der Waals surface area contributed by atoms with Crippen molar-refractivity contribution in [2.24, 2.45) is 5.73 Å². The molecule has 0 bridgehead atoms. The Hall–Kier alpha value is -2.03. The highest BCUT2D eigenvalue weighted by Gasteiger charge is 2.33. The predicted octanol–water partition coefficient (Wildman–Crippen LogP) is 1.57. The molecule has 2 aromatic rings. The summed E-state index contributed by atoms with van der Waals surface area (Å²) in [7, 11) is 0. The first-order valence-corrected chi connectivity index (χ1v) is 4.87. The Kier molecular flexibility index (Phi) is 2.99. The van der Waals surface area contributed by atoms with E-state index in [1.54, 1.807) is 6.92 Å². The quantitative estimate of drug-likeness (QED) is 0.880. The second-order valence-electron chi connectivity index (χ2n) is 3.51. The highest BCUT2D eigenvalue weighted by atomic mass is 19.4. The van der Waals surface area contributed by atoms with E-state index in [0.29, 0.717) is 0 Å². The monoisotopic (exact) mass is 259 g/mol. The number of halogens is 3.